The zero-order chi connectivity index (χ0) is 11.1. The average molecular weight is 337 g/mol. The molecule has 1 aromatic heterocycles. The summed E-state index contributed by atoms with van der Waals surface area (Å²) in [5, 5.41) is 0. The second kappa shape index (κ2) is 4.01. The topological polar surface area (TPSA) is 47.0 Å². The molecule has 0 radical (unpaired) electrons. The van der Waals surface area contributed by atoms with Crippen LogP contribution in [-0.4, -0.2) is 19.7 Å². The molecule has 0 N–H and O–H groups in total. The lowest BCUT2D eigenvalue weighted by Crippen LogP contribution is -2.14. The van der Waals surface area contributed by atoms with Gasteiger partial charge in [0.2, 0.25) is 0 Å². The Hall–Kier alpha value is -0.170. The third-order valence-corrected chi connectivity index (χ3v) is 5.41. The minimum Gasteiger partial charge on any atom is -0.260 e. The molecule has 3 nitrogen and oxygen atoms in total. The van der Waals surface area contributed by atoms with Crippen molar-refractivity contribution in [1.29, 1.82) is 0 Å². The first-order valence-electron chi connectivity index (χ1n) is 4.84. The quantitative estimate of drug-likeness (QED) is 0.779. The van der Waals surface area contributed by atoms with Crippen molar-refractivity contribution < 1.29 is 8.42 Å². The van der Waals surface area contributed by atoms with Crippen molar-refractivity contribution in [2.24, 2.45) is 0 Å². The summed E-state index contributed by atoms with van der Waals surface area (Å²) in [4.78, 5) is 4.72. The van der Waals surface area contributed by atoms with Crippen LogP contribution in [0.15, 0.2) is 17.2 Å². The first-order chi connectivity index (χ1) is 7.00. The first-order valence-corrected chi connectivity index (χ1v) is 7.81. The summed E-state index contributed by atoms with van der Waals surface area (Å²) in [5.74, 6) is 0.471. The van der Waals surface area contributed by atoms with E-state index in [0.29, 0.717) is 10.8 Å². The molecule has 2 rings (SSSR count). The number of hydrogen-bond acceptors (Lipinski definition) is 3. The molecule has 0 bridgehead atoms. The van der Waals surface area contributed by atoms with Gasteiger partial charge in [-0.05, 0) is 41.5 Å². The molecule has 1 aromatic rings. The van der Waals surface area contributed by atoms with Gasteiger partial charge >= 0.3 is 0 Å². The van der Waals surface area contributed by atoms with Crippen molar-refractivity contribution in [3.63, 3.8) is 0 Å². The third-order valence-electron chi connectivity index (χ3n) is 2.77. The number of sulfone groups is 1. The van der Waals surface area contributed by atoms with Crippen LogP contribution in [0.5, 0.6) is 0 Å². The first kappa shape index (κ1) is 11.3. The predicted molar refractivity (Wildman–Crippen MR) is 66.7 cm³/mol. The van der Waals surface area contributed by atoms with Crippen LogP contribution in [0.3, 0.4) is 0 Å². The van der Waals surface area contributed by atoms with Gasteiger partial charge in [-0.3, -0.25) is 4.98 Å². The second-order valence-electron chi connectivity index (χ2n) is 3.91. The zero-order valence-electron chi connectivity index (χ0n) is 8.40. The fourth-order valence-corrected chi connectivity index (χ4v) is 4.39. The standard InChI is InChI=1S/C10H12INO2S/c1-15(13,14)8-5-6-12-10(9(8)11)7-3-2-4-7/h5-7H,2-4H2,1H3. The van der Waals surface area contributed by atoms with Gasteiger partial charge < -0.3 is 0 Å². The van der Waals surface area contributed by atoms with E-state index in [1.807, 2.05) is 0 Å². The SMILES string of the molecule is CS(=O)(=O)c1ccnc(C2CCC2)c1I. The highest BCUT2D eigenvalue weighted by Crippen LogP contribution is 2.38. The molecular weight excluding hydrogens is 325 g/mol. The Morgan fingerprint density at radius 2 is 2.13 bits per heavy atom. The van der Waals surface area contributed by atoms with Crippen LogP contribution in [0.1, 0.15) is 30.9 Å². The Morgan fingerprint density at radius 1 is 1.47 bits per heavy atom. The minimum absolute atomic E-state index is 0.417. The van der Waals surface area contributed by atoms with Gasteiger partial charge in [-0.15, -0.1) is 0 Å². The molecule has 15 heavy (non-hydrogen) atoms. The highest BCUT2D eigenvalue weighted by atomic mass is 127. The highest BCUT2D eigenvalue weighted by Gasteiger charge is 2.25. The summed E-state index contributed by atoms with van der Waals surface area (Å²) in [6.45, 7) is 0. The van der Waals surface area contributed by atoms with Crippen molar-refractivity contribution in [3.8, 4) is 0 Å². The van der Waals surface area contributed by atoms with E-state index in [4.69, 9.17) is 0 Å². The van der Waals surface area contributed by atoms with E-state index in [1.165, 1.54) is 12.7 Å². The number of pyridine rings is 1. The van der Waals surface area contributed by atoms with Gasteiger partial charge in [-0.25, -0.2) is 8.42 Å². The Balaban J connectivity index is 2.50. The minimum atomic E-state index is -3.12. The molecule has 0 amide bonds. The number of aromatic nitrogens is 1. The summed E-state index contributed by atoms with van der Waals surface area (Å²) in [5.41, 5.74) is 0.963. The number of nitrogens with zero attached hydrogens (tertiary/aromatic N) is 1. The normalized spacial score (nSPS) is 17.5. The molecule has 1 aliphatic rings. The fourth-order valence-electron chi connectivity index (χ4n) is 1.69. The van der Waals surface area contributed by atoms with Crippen molar-refractivity contribution in [2.75, 3.05) is 6.26 Å². The van der Waals surface area contributed by atoms with E-state index >= 15 is 0 Å². The molecule has 0 aliphatic heterocycles. The molecule has 82 valence electrons. The van der Waals surface area contributed by atoms with Gasteiger partial charge in [-0.1, -0.05) is 6.42 Å². The van der Waals surface area contributed by atoms with E-state index < -0.39 is 9.84 Å². The predicted octanol–water partition coefficient (Wildman–Crippen LogP) is 2.36. The zero-order valence-corrected chi connectivity index (χ0v) is 11.4. The monoisotopic (exact) mass is 337 g/mol. The maximum absolute atomic E-state index is 11.5. The molecule has 0 aromatic carbocycles. The molecule has 0 atom stereocenters. The maximum atomic E-state index is 11.5. The largest absolute Gasteiger partial charge is 0.260 e. The summed E-state index contributed by atoms with van der Waals surface area (Å²) >= 11 is 2.10. The molecule has 0 unspecified atom stereocenters. The summed E-state index contributed by atoms with van der Waals surface area (Å²) in [6, 6.07) is 1.58. The van der Waals surface area contributed by atoms with Crippen LogP contribution < -0.4 is 0 Å². The van der Waals surface area contributed by atoms with Crippen LogP contribution in [0, 0.1) is 3.57 Å². The maximum Gasteiger partial charge on any atom is 0.176 e. The van der Waals surface area contributed by atoms with Gasteiger partial charge in [-0.2, -0.15) is 0 Å². The average Bonchev–Trinajstić information content (AvgIpc) is 2.03. The Morgan fingerprint density at radius 3 is 2.60 bits per heavy atom. The lowest BCUT2D eigenvalue weighted by Gasteiger charge is -2.26. The Labute approximate surface area is 103 Å². The Kier molecular flexibility index (Phi) is 3.03. The molecular formula is C10H12INO2S. The van der Waals surface area contributed by atoms with Gasteiger partial charge in [0.15, 0.2) is 9.84 Å². The summed E-state index contributed by atoms with van der Waals surface area (Å²) < 4.78 is 23.8. The molecule has 0 saturated heterocycles. The van der Waals surface area contributed by atoms with Crippen LogP contribution in [-0.2, 0) is 9.84 Å². The number of halogens is 1. The van der Waals surface area contributed by atoms with Crippen LogP contribution >= 0.6 is 22.6 Å². The van der Waals surface area contributed by atoms with E-state index in [9.17, 15) is 8.42 Å². The summed E-state index contributed by atoms with van der Waals surface area (Å²) in [6.07, 6.45) is 6.35. The molecule has 5 heteroatoms. The lowest BCUT2D eigenvalue weighted by atomic mass is 9.83. The van der Waals surface area contributed by atoms with Gasteiger partial charge in [0, 0.05) is 18.4 Å². The van der Waals surface area contributed by atoms with Crippen LogP contribution in [0.2, 0.25) is 0 Å². The number of rotatable bonds is 2. The second-order valence-corrected chi connectivity index (χ2v) is 6.97. The van der Waals surface area contributed by atoms with Gasteiger partial charge in [0.25, 0.3) is 0 Å². The fraction of sp³-hybridized carbons (Fsp3) is 0.500. The van der Waals surface area contributed by atoms with Crippen LogP contribution in [0.25, 0.3) is 0 Å². The van der Waals surface area contributed by atoms with E-state index in [1.54, 1.807) is 12.3 Å². The van der Waals surface area contributed by atoms with E-state index in [2.05, 4.69) is 27.6 Å². The van der Waals surface area contributed by atoms with Crippen molar-refractivity contribution in [3.05, 3.63) is 21.5 Å². The third kappa shape index (κ3) is 2.18. The van der Waals surface area contributed by atoms with E-state index in [-0.39, 0.29) is 0 Å². The van der Waals surface area contributed by atoms with E-state index in [0.717, 1.165) is 22.1 Å². The summed E-state index contributed by atoms with van der Waals surface area (Å²) in [7, 11) is -3.12. The molecule has 1 fully saturated rings. The molecule has 1 heterocycles. The van der Waals surface area contributed by atoms with Crippen molar-refractivity contribution in [1.82, 2.24) is 4.98 Å². The van der Waals surface area contributed by atoms with Crippen molar-refractivity contribution >= 4 is 32.4 Å². The van der Waals surface area contributed by atoms with Crippen LogP contribution in [0.4, 0.5) is 0 Å². The Bertz CT molecular complexity index is 480. The number of hydrogen-bond donors (Lipinski definition) is 0. The van der Waals surface area contributed by atoms with Gasteiger partial charge in [0.1, 0.15) is 0 Å². The lowest BCUT2D eigenvalue weighted by molar-refractivity contribution is 0.408. The molecule has 0 spiro atoms. The molecule has 1 aliphatic carbocycles. The highest BCUT2D eigenvalue weighted by molar-refractivity contribution is 14.1. The smallest absolute Gasteiger partial charge is 0.176 e. The van der Waals surface area contributed by atoms with Crippen molar-refractivity contribution in [2.45, 2.75) is 30.1 Å². The van der Waals surface area contributed by atoms with Gasteiger partial charge in [0.05, 0.1) is 14.2 Å². The molecule has 1 saturated carbocycles.